The van der Waals surface area contributed by atoms with E-state index in [9.17, 15) is 9.50 Å². The molecule has 1 unspecified atom stereocenters. The van der Waals surface area contributed by atoms with Crippen molar-refractivity contribution in [3.8, 4) is 0 Å². The second-order valence-corrected chi connectivity index (χ2v) is 5.82. The van der Waals surface area contributed by atoms with Gasteiger partial charge in [-0.3, -0.25) is 0 Å². The monoisotopic (exact) mass is 270 g/mol. The van der Waals surface area contributed by atoms with Gasteiger partial charge in [-0.15, -0.1) is 0 Å². The van der Waals surface area contributed by atoms with Crippen molar-refractivity contribution < 1.29 is 9.50 Å². The molecule has 0 amide bonds. The molecular weight excluding hydrogens is 251 g/mol. The maximum absolute atomic E-state index is 13.7. The Morgan fingerprint density at radius 3 is 2.61 bits per heavy atom. The molecule has 0 saturated heterocycles. The fraction of sp³-hybridized carbons (Fsp3) is 0.600. The third-order valence-electron chi connectivity index (χ3n) is 4.44. The molecule has 1 fully saturated rings. The summed E-state index contributed by atoms with van der Waals surface area (Å²) in [5.41, 5.74) is 0.554. The predicted molar refractivity (Wildman–Crippen MR) is 72.3 cm³/mol. The molecule has 0 aliphatic heterocycles. The van der Waals surface area contributed by atoms with Crippen LogP contribution in [0, 0.1) is 11.2 Å². The van der Waals surface area contributed by atoms with Crippen molar-refractivity contribution in [1.82, 2.24) is 0 Å². The predicted octanol–water partition coefficient (Wildman–Crippen LogP) is 4.35. The van der Waals surface area contributed by atoms with Crippen LogP contribution in [0.15, 0.2) is 18.2 Å². The molecule has 100 valence electrons. The topological polar surface area (TPSA) is 20.2 Å². The Kier molecular flexibility index (Phi) is 4.29. The lowest BCUT2D eigenvalue weighted by Crippen LogP contribution is -2.34. The van der Waals surface area contributed by atoms with E-state index in [4.69, 9.17) is 11.6 Å². The minimum atomic E-state index is -0.458. The summed E-state index contributed by atoms with van der Waals surface area (Å²) in [7, 11) is 0. The molecule has 0 aromatic heterocycles. The molecule has 18 heavy (non-hydrogen) atoms. The number of aliphatic hydroxyl groups excluding tert-OH is 1. The van der Waals surface area contributed by atoms with E-state index >= 15 is 0 Å². The van der Waals surface area contributed by atoms with E-state index in [1.807, 2.05) is 0 Å². The van der Waals surface area contributed by atoms with Crippen molar-refractivity contribution in [2.24, 2.45) is 5.41 Å². The van der Waals surface area contributed by atoms with Crippen molar-refractivity contribution in [3.05, 3.63) is 34.6 Å². The summed E-state index contributed by atoms with van der Waals surface area (Å²) in [6.45, 7) is 2.12. The van der Waals surface area contributed by atoms with Gasteiger partial charge in [0.1, 0.15) is 5.82 Å². The van der Waals surface area contributed by atoms with E-state index in [-0.39, 0.29) is 11.2 Å². The van der Waals surface area contributed by atoms with Gasteiger partial charge in [-0.2, -0.15) is 0 Å². The molecule has 2 rings (SSSR count). The summed E-state index contributed by atoms with van der Waals surface area (Å²) < 4.78 is 13.7. The first-order valence-electron chi connectivity index (χ1n) is 6.69. The fourth-order valence-electron chi connectivity index (χ4n) is 3.11. The number of hydrogen-bond acceptors (Lipinski definition) is 1. The quantitative estimate of drug-likeness (QED) is 0.862. The van der Waals surface area contributed by atoms with Gasteiger partial charge in [0.2, 0.25) is 0 Å². The van der Waals surface area contributed by atoms with Gasteiger partial charge in [0.15, 0.2) is 0 Å². The van der Waals surface area contributed by atoms with Crippen molar-refractivity contribution in [1.29, 1.82) is 0 Å². The van der Waals surface area contributed by atoms with Crippen molar-refractivity contribution >= 4 is 11.6 Å². The molecule has 1 N–H and O–H groups in total. The van der Waals surface area contributed by atoms with Gasteiger partial charge in [-0.25, -0.2) is 4.39 Å². The Hall–Kier alpha value is -0.600. The zero-order valence-corrected chi connectivity index (χ0v) is 11.5. The second kappa shape index (κ2) is 5.58. The number of halogens is 2. The highest BCUT2D eigenvalue weighted by Gasteiger charge is 2.38. The van der Waals surface area contributed by atoms with E-state index in [0.29, 0.717) is 17.0 Å². The molecule has 3 heteroatoms. The number of aliphatic hydroxyl groups is 1. The summed E-state index contributed by atoms with van der Waals surface area (Å²) in [6, 6.07) is 4.68. The van der Waals surface area contributed by atoms with Crippen LogP contribution in [0.2, 0.25) is 5.02 Å². The van der Waals surface area contributed by atoms with Crippen LogP contribution in [0.25, 0.3) is 0 Å². The zero-order valence-electron chi connectivity index (χ0n) is 10.8. The second-order valence-electron chi connectivity index (χ2n) is 5.38. The van der Waals surface area contributed by atoms with Gasteiger partial charge in [-0.1, -0.05) is 37.4 Å². The molecule has 1 aromatic carbocycles. The van der Waals surface area contributed by atoms with Crippen LogP contribution >= 0.6 is 11.6 Å². The van der Waals surface area contributed by atoms with Crippen molar-refractivity contribution in [3.63, 3.8) is 0 Å². The van der Waals surface area contributed by atoms with Crippen LogP contribution in [0.1, 0.15) is 44.6 Å². The Morgan fingerprint density at radius 1 is 1.39 bits per heavy atom. The number of benzene rings is 1. The van der Waals surface area contributed by atoms with Crippen LogP contribution < -0.4 is 0 Å². The third-order valence-corrected chi connectivity index (χ3v) is 4.67. The van der Waals surface area contributed by atoms with Gasteiger partial charge in [-0.05, 0) is 42.4 Å². The minimum absolute atomic E-state index is 0.00786. The average molecular weight is 271 g/mol. The van der Waals surface area contributed by atoms with Crippen molar-refractivity contribution in [2.75, 3.05) is 0 Å². The van der Waals surface area contributed by atoms with Crippen molar-refractivity contribution in [2.45, 2.75) is 51.6 Å². The zero-order chi connectivity index (χ0) is 13.2. The molecule has 1 aliphatic carbocycles. The van der Waals surface area contributed by atoms with Crippen LogP contribution in [-0.4, -0.2) is 11.2 Å². The van der Waals surface area contributed by atoms with Crippen LogP contribution in [0.3, 0.4) is 0 Å². The SMILES string of the molecule is CCC1(C(O)Cc2ccc(Cl)cc2F)CCCC1. The molecular formula is C15H20ClFO. The van der Waals surface area contributed by atoms with Gasteiger partial charge in [0.05, 0.1) is 6.10 Å². The molecule has 1 aromatic rings. The maximum Gasteiger partial charge on any atom is 0.127 e. The Morgan fingerprint density at radius 2 is 2.06 bits per heavy atom. The smallest absolute Gasteiger partial charge is 0.127 e. The molecule has 1 nitrogen and oxygen atoms in total. The first kappa shape index (κ1) is 13.8. The largest absolute Gasteiger partial charge is 0.392 e. The number of rotatable bonds is 4. The lowest BCUT2D eigenvalue weighted by molar-refractivity contribution is 0.0251. The van der Waals surface area contributed by atoms with E-state index in [1.54, 1.807) is 12.1 Å². The highest BCUT2D eigenvalue weighted by atomic mass is 35.5. The summed E-state index contributed by atoms with van der Waals surface area (Å²) in [6.07, 6.45) is 5.35. The molecule has 1 saturated carbocycles. The van der Waals surface area contributed by atoms with Gasteiger partial charge in [0, 0.05) is 11.4 Å². The van der Waals surface area contributed by atoms with E-state index < -0.39 is 6.10 Å². The lowest BCUT2D eigenvalue weighted by Gasteiger charge is -2.33. The van der Waals surface area contributed by atoms with Gasteiger partial charge < -0.3 is 5.11 Å². The third kappa shape index (κ3) is 2.70. The molecule has 0 bridgehead atoms. The standard InChI is InChI=1S/C15H20ClFO/c1-2-15(7-3-4-8-15)14(18)9-11-5-6-12(16)10-13(11)17/h5-6,10,14,18H,2-4,7-9H2,1H3. The highest BCUT2D eigenvalue weighted by molar-refractivity contribution is 6.30. The fourth-order valence-corrected chi connectivity index (χ4v) is 3.27. The summed E-state index contributed by atoms with van der Waals surface area (Å²) in [4.78, 5) is 0. The Balaban J connectivity index is 2.12. The Labute approximate surface area is 113 Å². The molecule has 1 aliphatic rings. The Bertz CT molecular complexity index is 413. The van der Waals surface area contributed by atoms with Crippen LogP contribution in [0.5, 0.6) is 0 Å². The first-order chi connectivity index (χ1) is 8.57. The molecule has 1 atom stereocenters. The highest BCUT2D eigenvalue weighted by Crippen LogP contribution is 2.44. The summed E-state index contributed by atoms with van der Waals surface area (Å²) in [5.74, 6) is -0.314. The lowest BCUT2D eigenvalue weighted by atomic mass is 9.76. The summed E-state index contributed by atoms with van der Waals surface area (Å²) in [5, 5.41) is 10.8. The molecule has 0 heterocycles. The molecule has 0 radical (unpaired) electrons. The summed E-state index contributed by atoms with van der Waals surface area (Å²) >= 11 is 5.73. The van der Waals surface area contributed by atoms with E-state index in [2.05, 4.69) is 6.92 Å². The van der Waals surface area contributed by atoms with Crippen LogP contribution in [0.4, 0.5) is 4.39 Å². The first-order valence-corrected chi connectivity index (χ1v) is 7.07. The van der Waals surface area contributed by atoms with Gasteiger partial charge >= 0.3 is 0 Å². The maximum atomic E-state index is 13.7. The average Bonchev–Trinajstić information content (AvgIpc) is 2.82. The van der Waals surface area contributed by atoms with Gasteiger partial charge in [0.25, 0.3) is 0 Å². The number of hydrogen-bond donors (Lipinski definition) is 1. The molecule has 0 spiro atoms. The van der Waals surface area contributed by atoms with Crippen LogP contribution in [-0.2, 0) is 6.42 Å². The van der Waals surface area contributed by atoms with E-state index in [0.717, 1.165) is 19.3 Å². The minimum Gasteiger partial charge on any atom is -0.392 e. The normalized spacial score (nSPS) is 20.0. The van der Waals surface area contributed by atoms with E-state index in [1.165, 1.54) is 18.9 Å².